The Morgan fingerprint density at radius 1 is 1.40 bits per heavy atom. The van der Waals surface area contributed by atoms with Crippen LogP contribution in [0.2, 0.25) is 0 Å². The first-order chi connectivity index (χ1) is 7.22. The molecule has 76 valence electrons. The molecule has 2 N–H and O–H groups in total. The van der Waals surface area contributed by atoms with E-state index < -0.39 is 5.91 Å². The molecule has 15 heavy (non-hydrogen) atoms. The summed E-state index contributed by atoms with van der Waals surface area (Å²) < 4.78 is 5.10. The summed E-state index contributed by atoms with van der Waals surface area (Å²) in [5, 5.41) is 1.75. The average molecular weight is 202 g/mol. The molecule has 1 amide bonds. The lowest BCUT2D eigenvalue weighted by Crippen LogP contribution is -2.10. The van der Waals surface area contributed by atoms with E-state index in [1.54, 1.807) is 25.4 Å². The molecule has 0 saturated heterocycles. The van der Waals surface area contributed by atoms with Crippen LogP contribution in [0.1, 0.15) is 10.4 Å². The van der Waals surface area contributed by atoms with Crippen LogP contribution in [0.25, 0.3) is 10.8 Å². The van der Waals surface area contributed by atoms with E-state index >= 15 is 0 Å². The van der Waals surface area contributed by atoms with Gasteiger partial charge in [0.15, 0.2) is 0 Å². The van der Waals surface area contributed by atoms with Crippen LogP contribution in [0.4, 0.5) is 0 Å². The van der Waals surface area contributed by atoms with Crippen molar-refractivity contribution in [1.82, 2.24) is 4.98 Å². The smallest absolute Gasteiger partial charge is 0.248 e. The molecule has 4 nitrogen and oxygen atoms in total. The fraction of sp³-hybridized carbons (Fsp3) is 0.0909. The number of nitrogens with two attached hydrogens (primary N) is 1. The van der Waals surface area contributed by atoms with Gasteiger partial charge in [-0.05, 0) is 23.6 Å². The second-order valence-electron chi connectivity index (χ2n) is 3.12. The summed E-state index contributed by atoms with van der Waals surface area (Å²) in [6.45, 7) is 0. The maximum Gasteiger partial charge on any atom is 0.248 e. The molecule has 0 fully saturated rings. The predicted molar refractivity (Wildman–Crippen MR) is 56.8 cm³/mol. The largest absolute Gasteiger partial charge is 0.481 e. The number of methoxy groups -OCH3 is 1. The third-order valence-corrected chi connectivity index (χ3v) is 2.21. The highest BCUT2D eigenvalue weighted by Gasteiger charge is 2.06. The monoisotopic (exact) mass is 202 g/mol. The maximum atomic E-state index is 11.0. The number of fused-ring (bicyclic) bond motifs is 1. The van der Waals surface area contributed by atoms with Crippen molar-refractivity contribution in [2.24, 2.45) is 5.73 Å². The minimum Gasteiger partial charge on any atom is -0.481 e. The van der Waals surface area contributed by atoms with Gasteiger partial charge < -0.3 is 10.5 Å². The number of pyridine rings is 1. The lowest BCUT2D eigenvalue weighted by atomic mass is 10.1. The molecule has 0 unspecified atom stereocenters. The van der Waals surface area contributed by atoms with E-state index in [1.165, 1.54) is 0 Å². The number of hydrogen-bond donors (Lipinski definition) is 1. The molecule has 1 heterocycles. The summed E-state index contributed by atoms with van der Waals surface area (Å²) in [6.07, 6.45) is 1.66. The first-order valence-corrected chi connectivity index (χ1v) is 4.45. The SMILES string of the molecule is COc1nccc2ccc(C(N)=O)cc12. The van der Waals surface area contributed by atoms with Gasteiger partial charge in [0.05, 0.1) is 7.11 Å². The zero-order valence-corrected chi connectivity index (χ0v) is 8.23. The van der Waals surface area contributed by atoms with Crippen molar-refractivity contribution in [3.8, 4) is 5.88 Å². The van der Waals surface area contributed by atoms with E-state index in [4.69, 9.17) is 10.5 Å². The Labute approximate surface area is 86.7 Å². The van der Waals surface area contributed by atoms with E-state index in [-0.39, 0.29) is 0 Å². The van der Waals surface area contributed by atoms with Crippen molar-refractivity contribution in [3.63, 3.8) is 0 Å². The Morgan fingerprint density at radius 3 is 2.87 bits per heavy atom. The molecule has 2 rings (SSSR count). The van der Waals surface area contributed by atoms with Crippen molar-refractivity contribution in [2.75, 3.05) is 7.11 Å². The summed E-state index contributed by atoms with van der Waals surface area (Å²) >= 11 is 0. The zero-order valence-electron chi connectivity index (χ0n) is 8.23. The van der Waals surface area contributed by atoms with E-state index in [0.717, 1.165) is 10.8 Å². The molecule has 1 aromatic carbocycles. The Bertz CT molecular complexity index is 523. The molecule has 0 radical (unpaired) electrons. The standard InChI is InChI=1S/C11H10N2O2/c1-15-11-9-6-8(10(12)14)3-2-7(9)4-5-13-11/h2-6H,1H3,(H2,12,14). The molecule has 0 atom stereocenters. The van der Waals surface area contributed by atoms with Crippen LogP contribution in [-0.4, -0.2) is 18.0 Å². The van der Waals surface area contributed by atoms with Crippen LogP contribution < -0.4 is 10.5 Å². The zero-order chi connectivity index (χ0) is 10.8. The van der Waals surface area contributed by atoms with Gasteiger partial charge in [-0.25, -0.2) is 4.98 Å². The number of amides is 1. The Balaban J connectivity index is 2.72. The van der Waals surface area contributed by atoms with Crippen molar-refractivity contribution in [1.29, 1.82) is 0 Å². The van der Waals surface area contributed by atoms with E-state index in [0.29, 0.717) is 11.4 Å². The number of aromatic nitrogens is 1. The topological polar surface area (TPSA) is 65.2 Å². The lowest BCUT2D eigenvalue weighted by Gasteiger charge is -2.04. The van der Waals surface area contributed by atoms with Gasteiger partial charge in [-0.2, -0.15) is 0 Å². The minimum absolute atomic E-state index is 0.453. The number of hydrogen-bond acceptors (Lipinski definition) is 3. The van der Waals surface area contributed by atoms with E-state index in [1.807, 2.05) is 12.1 Å². The fourth-order valence-corrected chi connectivity index (χ4v) is 1.46. The van der Waals surface area contributed by atoms with Gasteiger partial charge in [-0.3, -0.25) is 4.79 Å². The first kappa shape index (κ1) is 9.45. The molecule has 0 saturated carbocycles. The molecule has 1 aromatic heterocycles. The number of benzene rings is 1. The third-order valence-electron chi connectivity index (χ3n) is 2.21. The Morgan fingerprint density at radius 2 is 2.20 bits per heavy atom. The van der Waals surface area contributed by atoms with Crippen LogP contribution in [0.15, 0.2) is 30.5 Å². The van der Waals surface area contributed by atoms with E-state index in [2.05, 4.69) is 4.98 Å². The number of ether oxygens (including phenoxy) is 1. The molecule has 2 aromatic rings. The van der Waals surface area contributed by atoms with Gasteiger partial charge in [0.2, 0.25) is 11.8 Å². The van der Waals surface area contributed by atoms with Crippen molar-refractivity contribution >= 4 is 16.7 Å². The summed E-state index contributed by atoms with van der Waals surface area (Å²) in [4.78, 5) is 15.1. The van der Waals surface area contributed by atoms with Crippen LogP contribution in [-0.2, 0) is 0 Å². The normalized spacial score (nSPS) is 10.2. The molecule has 0 aliphatic rings. The number of carbonyl (C=O) groups is 1. The number of carbonyl (C=O) groups excluding carboxylic acids is 1. The molecular weight excluding hydrogens is 192 g/mol. The lowest BCUT2D eigenvalue weighted by molar-refractivity contribution is 0.100. The van der Waals surface area contributed by atoms with Gasteiger partial charge in [0, 0.05) is 17.1 Å². The predicted octanol–water partition coefficient (Wildman–Crippen LogP) is 1.34. The Hall–Kier alpha value is -2.10. The van der Waals surface area contributed by atoms with Gasteiger partial charge in [-0.1, -0.05) is 6.07 Å². The maximum absolute atomic E-state index is 11.0. The second kappa shape index (κ2) is 3.57. The van der Waals surface area contributed by atoms with E-state index in [9.17, 15) is 4.79 Å². The third kappa shape index (κ3) is 1.61. The highest BCUT2D eigenvalue weighted by atomic mass is 16.5. The summed E-state index contributed by atoms with van der Waals surface area (Å²) in [5.74, 6) is 0.0402. The summed E-state index contributed by atoms with van der Waals surface area (Å²) in [6, 6.07) is 7.04. The van der Waals surface area contributed by atoms with Crippen molar-refractivity contribution in [2.45, 2.75) is 0 Å². The quantitative estimate of drug-likeness (QED) is 0.799. The number of rotatable bonds is 2. The molecular formula is C11H10N2O2. The van der Waals surface area contributed by atoms with Crippen molar-refractivity contribution < 1.29 is 9.53 Å². The van der Waals surface area contributed by atoms with Crippen LogP contribution in [0.3, 0.4) is 0 Å². The van der Waals surface area contributed by atoms with Crippen LogP contribution in [0.5, 0.6) is 5.88 Å². The fourth-order valence-electron chi connectivity index (χ4n) is 1.46. The van der Waals surface area contributed by atoms with Gasteiger partial charge >= 0.3 is 0 Å². The van der Waals surface area contributed by atoms with Gasteiger partial charge in [-0.15, -0.1) is 0 Å². The highest BCUT2D eigenvalue weighted by molar-refractivity contribution is 5.98. The molecule has 0 aliphatic carbocycles. The van der Waals surface area contributed by atoms with Crippen molar-refractivity contribution in [3.05, 3.63) is 36.0 Å². The number of primary amides is 1. The highest BCUT2D eigenvalue weighted by Crippen LogP contribution is 2.23. The first-order valence-electron chi connectivity index (χ1n) is 4.45. The molecule has 4 heteroatoms. The van der Waals surface area contributed by atoms with Gasteiger partial charge in [0.1, 0.15) is 0 Å². The minimum atomic E-state index is -0.456. The molecule has 0 bridgehead atoms. The Kier molecular flexibility index (Phi) is 2.25. The average Bonchev–Trinajstić information content (AvgIpc) is 2.27. The molecule has 0 spiro atoms. The molecule has 0 aliphatic heterocycles. The number of nitrogens with zero attached hydrogens (tertiary/aromatic N) is 1. The second-order valence-corrected chi connectivity index (χ2v) is 3.12. The van der Waals surface area contributed by atoms with Crippen LogP contribution in [0, 0.1) is 0 Å². The van der Waals surface area contributed by atoms with Crippen LogP contribution >= 0.6 is 0 Å². The van der Waals surface area contributed by atoms with Gasteiger partial charge in [0.25, 0.3) is 0 Å². The summed E-state index contributed by atoms with van der Waals surface area (Å²) in [7, 11) is 1.54. The summed E-state index contributed by atoms with van der Waals surface area (Å²) in [5.41, 5.74) is 5.65.